The van der Waals surface area contributed by atoms with Crippen molar-refractivity contribution in [1.29, 1.82) is 0 Å². The molecule has 0 spiro atoms. The lowest BCUT2D eigenvalue weighted by atomic mass is 10.0. The van der Waals surface area contributed by atoms with Crippen LogP contribution in [0.25, 0.3) is 0 Å². The van der Waals surface area contributed by atoms with Crippen molar-refractivity contribution >= 4 is 0 Å². The van der Waals surface area contributed by atoms with Crippen LogP contribution in [-0.2, 0) is 6.42 Å². The molecule has 0 heterocycles. The van der Waals surface area contributed by atoms with E-state index >= 15 is 0 Å². The van der Waals surface area contributed by atoms with Crippen LogP contribution in [0.2, 0.25) is 0 Å². The summed E-state index contributed by atoms with van der Waals surface area (Å²) in [5, 5.41) is 0. The zero-order valence-corrected chi connectivity index (χ0v) is 9.56. The highest BCUT2D eigenvalue weighted by molar-refractivity contribution is 5.29. The van der Waals surface area contributed by atoms with Gasteiger partial charge in [-0.15, -0.1) is 0 Å². The molecule has 0 bridgehead atoms. The van der Waals surface area contributed by atoms with Crippen molar-refractivity contribution in [2.75, 3.05) is 0 Å². The number of rotatable bonds is 3. The van der Waals surface area contributed by atoms with Gasteiger partial charge in [-0.1, -0.05) is 54.6 Å². The molecule has 2 N–H and O–H groups in total. The van der Waals surface area contributed by atoms with Crippen LogP contribution in [-0.4, -0.2) is 0 Å². The topological polar surface area (TPSA) is 26.0 Å². The molecule has 0 saturated carbocycles. The lowest BCUT2D eigenvalue weighted by Gasteiger charge is -2.07. The van der Waals surface area contributed by atoms with Gasteiger partial charge < -0.3 is 5.73 Å². The van der Waals surface area contributed by atoms with Crippen LogP contribution in [0.1, 0.15) is 29.7 Å². The molecular formula is C15H17N. The number of hydrogen-bond donors (Lipinski definition) is 1. The minimum Gasteiger partial charge on any atom is -0.324 e. The molecule has 1 atom stereocenters. The molecule has 0 saturated heterocycles. The molecule has 82 valence electrons. The molecule has 2 aromatic carbocycles. The van der Waals surface area contributed by atoms with Gasteiger partial charge in [-0.05, 0) is 30.0 Å². The smallest absolute Gasteiger partial charge is 0.0266 e. The highest BCUT2D eigenvalue weighted by Gasteiger charge is 1.99. The molecule has 0 radical (unpaired) electrons. The maximum Gasteiger partial charge on any atom is 0.0266 e. The maximum atomic E-state index is 5.82. The van der Waals surface area contributed by atoms with Crippen molar-refractivity contribution in [1.82, 2.24) is 0 Å². The summed E-state index contributed by atoms with van der Waals surface area (Å²) in [7, 11) is 0. The van der Waals surface area contributed by atoms with Crippen LogP contribution < -0.4 is 5.73 Å². The average molecular weight is 211 g/mol. The van der Waals surface area contributed by atoms with E-state index in [1.807, 2.05) is 13.0 Å². The molecule has 1 unspecified atom stereocenters. The van der Waals surface area contributed by atoms with Crippen molar-refractivity contribution in [3.8, 4) is 0 Å². The Balaban J connectivity index is 2.11. The Labute approximate surface area is 96.9 Å². The van der Waals surface area contributed by atoms with Gasteiger partial charge in [-0.3, -0.25) is 0 Å². The molecule has 2 rings (SSSR count). The van der Waals surface area contributed by atoms with E-state index in [0.717, 1.165) is 6.42 Å². The summed E-state index contributed by atoms with van der Waals surface area (Å²) in [6.07, 6.45) is 0.986. The third-order valence-electron chi connectivity index (χ3n) is 2.76. The fourth-order valence-electron chi connectivity index (χ4n) is 1.77. The van der Waals surface area contributed by atoms with E-state index in [-0.39, 0.29) is 6.04 Å². The summed E-state index contributed by atoms with van der Waals surface area (Å²) in [5.74, 6) is 0. The van der Waals surface area contributed by atoms with Crippen LogP contribution in [0.4, 0.5) is 0 Å². The second-order valence-electron chi connectivity index (χ2n) is 4.19. The first-order chi connectivity index (χ1) is 7.75. The van der Waals surface area contributed by atoms with Gasteiger partial charge in [-0.2, -0.15) is 0 Å². The van der Waals surface area contributed by atoms with E-state index in [0.29, 0.717) is 0 Å². The van der Waals surface area contributed by atoms with E-state index in [1.165, 1.54) is 16.7 Å². The Morgan fingerprint density at radius 2 is 1.44 bits per heavy atom. The Hall–Kier alpha value is -1.60. The van der Waals surface area contributed by atoms with E-state index in [2.05, 4.69) is 48.5 Å². The predicted molar refractivity (Wildman–Crippen MR) is 68.3 cm³/mol. The van der Waals surface area contributed by atoms with Crippen molar-refractivity contribution in [3.63, 3.8) is 0 Å². The van der Waals surface area contributed by atoms with Gasteiger partial charge in [0.25, 0.3) is 0 Å². The van der Waals surface area contributed by atoms with E-state index in [4.69, 9.17) is 5.73 Å². The fraction of sp³-hybridized carbons (Fsp3) is 0.200. The third kappa shape index (κ3) is 2.71. The van der Waals surface area contributed by atoms with Crippen molar-refractivity contribution in [3.05, 3.63) is 71.3 Å². The van der Waals surface area contributed by atoms with E-state index in [9.17, 15) is 0 Å². The summed E-state index contributed by atoms with van der Waals surface area (Å²) in [6.45, 7) is 2.01. The summed E-state index contributed by atoms with van der Waals surface area (Å²) in [5.41, 5.74) is 9.68. The Bertz CT molecular complexity index is 429. The third-order valence-corrected chi connectivity index (χ3v) is 2.76. The van der Waals surface area contributed by atoms with Crippen LogP contribution in [0.5, 0.6) is 0 Å². The Morgan fingerprint density at radius 1 is 0.875 bits per heavy atom. The summed E-state index contributed by atoms with van der Waals surface area (Å²) in [4.78, 5) is 0. The van der Waals surface area contributed by atoms with Crippen molar-refractivity contribution in [2.24, 2.45) is 5.73 Å². The second-order valence-corrected chi connectivity index (χ2v) is 4.19. The first-order valence-corrected chi connectivity index (χ1v) is 5.64. The molecule has 1 nitrogen and oxygen atoms in total. The Kier molecular flexibility index (Phi) is 3.37. The summed E-state index contributed by atoms with van der Waals surface area (Å²) < 4.78 is 0. The maximum absolute atomic E-state index is 5.82. The van der Waals surface area contributed by atoms with Crippen molar-refractivity contribution < 1.29 is 0 Å². The van der Waals surface area contributed by atoms with Gasteiger partial charge in [0, 0.05) is 6.04 Å². The average Bonchev–Trinajstić information content (AvgIpc) is 2.31. The first-order valence-electron chi connectivity index (χ1n) is 5.64. The monoisotopic (exact) mass is 211 g/mol. The number of benzene rings is 2. The molecule has 16 heavy (non-hydrogen) atoms. The molecule has 0 aliphatic carbocycles. The standard InChI is InChI=1S/C15H17N/c1-12(16)15-9-7-14(8-10-15)11-13-5-3-2-4-6-13/h2-10,12H,11,16H2,1H3. The zero-order valence-electron chi connectivity index (χ0n) is 9.56. The minimum atomic E-state index is 0.116. The molecular weight excluding hydrogens is 194 g/mol. The van der Waals surface area contributed by atoms with Crippen LogP contribution >= 0.6 is 0 Å². The summed E-state index contributed by atoms with van der Waals surface area (Å²) in [6, 6.07) is 19.2. The normalized spacial score (nSPS) is 12.4. The predicted octanol–water partition coefficient (Wildman–Crippen LogP) is 3.30. The van der Waals surface area contributed by atoms with Gasteiger partial charge >= 0.3 is 0 Å². The lowest BCUT2D eigenvalue weighted by molar-refractivity contribution is 0.817. The SMILES string of the molecule is CC(N)c1ccc(Cc2ccccc2)cc1. The minimum absolute atomic E-state index is 0.116. The molecule has 1 heteroatoms. The molecule has 0 aliphatic heterocycles. The Morgan fingerprint density at radius 3 is 2.00 bits per heavy atom. The largest absolute Gasteiger partial charge is 0.324 e. The molecule has 2 aromatic rings. The van der Waals surface area contributed by atoms with Crippen LogP contribution in [0.3, 0.4) is 0 Å². The zero-order chi connectivity index (χ0) is 11.4. The second kappa shape index (κ2) is 4.95. The van der Waals surface area contributed by atoms with E-state index < -0.39 is 0 Å². The van der Waals surface area contributed by atoms with Gasteiger partial charge in [0.15, 0.2) is 0 Å². The lowest BCUT2D eigenvalue weighted by Crippen LogP contribution is -2.04. The van der Waals surface area contributed by atoms with Crippen molar-refractivity contribution in [2.45, 2.75) is 19.4 Å². The molecule has 0 aliphatic rings. The highest BCUT2D eigenvalue weighted by Crippen LogP contribution is 2.13. The molecule has 0 aromatic heterocycles. The van der Waals surface area contributed by atoms with Gasteiger partial charge in [0.1, 0.15) is 0 Å². The molecule has 0 amide bonds. The number of hydrogen-bond acceptors (Lipinski definition) is 1. The van der Waals surface area contributed by atoms with Gasteiger partial charge in [0.05, 0.1) is 0 Å². The fourth-order valence-corrected chi connectivity index (χ4v) is 1.77. The van der Waals surface area contributed by atoms with Gasteiger partial charge in [-0.25, -0.2) is 0 Å². The summed E-state index contributed by atoms with van der Waals surface area (Å²) >= 11 is 0. The molecule has 0 fully saturated rings. The quantitative estimate of drug-likeness (QED) is 0.828. The van der Waals surface area contributed by atoms with Crippen LogP contribution in [0.15, 0.2) is 54.6 Å². The first kappa shape index (κ1) is 10.9. The van der Waals surface area contributed by atoms with E-state index in [1.54, 1.807) is 0 Å². The highest BCUT2D eigenvalue weighted by atomic mass is 14.6. The van der Waals surface area contributed by atoms with Gasteiger partial charge in [0.2, 0.25) is 0 Å². The van der Waals surface area contributed by atoms with Crippen LogP contribution in [0, 0.1) is 0 Å². The number of nitrogens with two attached hydrogens (primary N) is 1.